The van der Waals surface area contributed by atoms with Crippen LogP contribution in [0.4, 0.5) is 5.69 Å². The highest BCUT2D eigenvalue weighted by molar-refractivity contribution is 8.01. The summed E-state index contributed by atoms with van der Waals surface area (Å²) in [6, 6.07) is 11.0. The van der Waals surface area contributed by atoms with Gasteiger partial charge in [0.25, 0.3) is 0 Å². The van der Waals surface area contributed by atoms with E-state index in [0.717, 1.165) is 11.3 Å². The molecular formula is C18H21N5O3S. The molecule has 9 heteroatoms. The van der Waals surface area contributed by atoms with Gasteiger partial charge in [-0.25, -0.2) is 0 Å². The van der Waals surface area contributed by atoms with Crippen LogP contribution in [-0.4, -0.2) is 52.1 Å². The molecule has 0 aromatic heterocycles. The van der Waals surface area contributed by atoms with Crippen LogP contribution in [0.1, 0.15) is 12.5 Å². The van der Waals surface area contributed by atoms with Gasteiger partial charge in [-0.3, -0.25) is 9.59 Å². The molecule has 27 heavy (non-hydrogen) atoms. The van der Waals surface area contributed by atoms with Crippen LogP contribution >= 0.6 is 11.8 Å². The third kappa shape index (κ3) is 4.91. The van der Waals surface area contributed by atoms with Crippen LogP contribution in [0.3, 0.4) is 0 Å². The van der Waals surface area contributed by atoms with Gasteiger partial charge in [0, 0.05) is 18.8 Å². The molecule has 0 spiro atoms. The molecule has 1 aromatic carbocycles. The molecule has 1 fully saturated rings. The third-order valence-corrected chi connectivity index (χ3v) is 5.66. The second-order valence-electron chi connectivity index (χ2n) is 5.86. The summed E-state index contributed by atoms with van der Waals surface area (Å²) in [6.07, 6.45) is 0. The fourth-order valence-corrected chi connectivity index (χ4v) is 4.33. The summed E-state index contributed by atoms with van der Waals surface area (Å²) in [5, 5.41) is 31.8. The van der Waals surface area contributed by atoms with Gasteiger partial charge in [-0.2, -0.15) is 10.5 Å². The number of nitrogens with zero attached hydrogens (tertiary/aromatic N) is 3. The van der Waals surface area contributed by atoms with Gasteiger partial charge in [-0.15, -0.1) is 11.8 Å². The van der Waals surface area contributed by atoms with Gasteiger partial charge in [-0.1, -0.05) is 12.1 Å². The second kappa shape index (κ2) is 9.81. The van der Waals surface area contributed by atoms with Crippen LogP contribution in [-0.2, 0) is 16.2 Å². The molecule has 0 radical (unpaired) electrons. The van der Waals surface area contributed by atoms with E-state index in [4.69, 9.17) is 5.26 Å². The Morgan fingerprint density at radius 2 is 2.22 bits per heavy atom. The lowest BCUT2D eigenvalue weighted by atomic mass is 10.1. The van der Waals surface area contributed by atoms with Crippen LogP contribution in [0.15, 0.2) is 24.3 Å². The largest absolute Gasteiger partial charge is 0.392 e. The van der Waals surface area contributed by atoms with Gasteiger partial charge in [-0.05, 0) is 24.6 Å². The number of rotatable bonds is 8. The van der Waals surface area contributed by atoms with Crippen molar-refractivity contribution in [3.63, 3.8) is 0 Å². The molecule has 2 amide bonds. The molecule has 0 aliphatic carbocycles. The predicted molar refractivity (Wildman–Crippen MR) is 101 cm³/mol. The van der Waals surface area contributed by atoms with E-state index in [0.29, 0.717) is 13.1 Å². The summed E-state index contributed by atoms with van der Waals surface area (Å²) in [5.41, 5.74) is 1.54. The molecule has 0 saturated carbocycles. The van der Waals surface area contributed by atoms with Crippen LogP contribution in [0.25, 0.3) is 0 Å². The first-order valence-corrected chi connectivity index (χ1v) is 9.43. The Kier molecular flexibility index (Phi) is 7.47. The van der Waals surface area contributed by atoms with Crippen LogP contribution < -0.4 is 10.6 Å². The zero-order valence-corrected chi connectivity index (χ0v) is 15.7. The first-order valence-electron chi connectivity index (χ1n) is 8.49. The van der Waals surface area contributed by atoms with Gasteiger partial charge in [0.1, 0.15) is 17.2 Å². The zero-order valence-electron chi connectivity index (χ0n) is 14.9. The summed E-state index contributed by atoms with van der Waals surface area (Å²) < 4.78 is 0. The monoisotopic (exact) mass is 387 g/mol. The summed E-state index contributed by atoms with van der Waals surface area (Å²) in [5.74, 6) is -1.73. The highest BCUT2D eigenvalue weighted by Crippen LogP contribution is 2.36. The maximum Gasteiger partial charge on any atom is 0.241 e. The third-order valence-electron chi connectivity index (χ3n) is 4.16. The number of nitrogens with one attached hydrogen (secondary N) is 2. The molecule has 1 heterocycles. The van der Waals surface area contributed by atoms with Gasteiger partial charge in [0.15, 0.2) is 5.92 Å². The molecule has 1 aromatic rings. The van der Waals surface area contributed by atoms with E-state index in [1.807, 2.05) is 18.2 Å². The zero-order chi connectivity index (χ0) is 19.8. The van der Waals surface area contributed by atoms with Crippen molar-refractivity contribution in [2.45, 2.75) is 24.2 Å². The van der Waals surface area contributed by atoms with Crippen molar-refractivity contribution in [2.24, 2.45) is 5.92 Å². The van der Waals surface area contributed by atoms with E-state index in [1.165, 1.54) is 16.7 Å². The number of hydrogen-bond acceptors (Lipinski definition) is 7. The standard InChI is InChI=1S/C18H21N5O3S/c1-2-23-17(26)15(10-22-13-5-3-4-12(8-13)11-24)27-18(23)14(9-20)16(25)21-7-6-19/h3-5,8,14-15,18,22,24H,2,7,10-11H2,1H3,(H,21,25). The van der Waals surface area contributed by atoms with E-state index >= 15 is 0 Å². The lowest BCUT2D eigenvalue weighted by molar-refractivity contribution is -0.131. The molecule has 1 aliphatic heterocycles. The Labute approximate surface area is 162 Å². The summed E-state index contributed by atoms with van der Waals surface area (Å²) in [6.45, 7) is 2.27. The van der Waals surface area contributed by atoms with Gasteiger partial charge < -0.3 is 20.6 Å². The maximum absolute atomic E-state index is 12.7. The lowest BCUT2D eigenvalue weighted by Gasteiger charge is -2.24. The first kappa shape index (κ1) is 20.6. The average Bonchev–Trinajstić information content (AvgIpc) is 3.00. The van der Waals surface area contributed by atoms with Gasteiger partial charge in [0.2, 0.25) is 11.8 Å². The number of benzene rings is 1. The van der Waals surface area contributed by atoms with E-state index in [-0.39, 0.29) is 19.1 Å². The number of aliphatic hydroxyl groups excluding tert-OH is 1. The summed E-state index contributed by atoms with van der Waals surface area (Å²) in [4.78, 5) is 26.4. The first-order chi connectivity index (χ1) is 13.0. The number of carbonyl (C=O) groups excluding carboxylic acids is 2. The number of carbonyl (C=O) groups is 2. The van der Waals surface area contributed by atoms with Gasteiger partial charge >= 0.3 is 0 Å². The second-order valence-corrected chi connectivity index (χ2v) is 7.19. The van der Waals surface area contributed by atoms with Crippen molar-refractivity contribution < 1.29 is 14.7 Å². The molecule has 8 nitrogen and oxygen atoms in total. The normalized spacial score (nSPS) is 19.9. The smallest absolute Gasteiger partial charge is 0.241 e. The van der Waals surface area contributed by atoms with Gasteiger partial charge in [0.05, 0.1) is 18.7 Å². The summed E-state index contributed by atoms with van der Waals surface area (Å²) in [7, 11) is 0. The molecular weight excluding hydrogens is 366 g/mol. The number of amides is 2. The molecule has 1 aliphatic rings. The van der Waals surface area contributed by atoms with Crippen molar-refractivity contribution >= 4 is 29.3 Å². The van der Waals surface area contributed by atoms with Crippen LogP contribution in [0.2, 0.25) is 0 Å². The average molecular weight is 387 g/mol. The van der Waals surface area contributed by atoms with E-state index in [1.54, 1.807) is 25.1 Å². The molecule has 1 saturated heterocycles. The van der Waals surface area contributed by atoms with E-state index < -0.39 is 22.4 Å². The molecule has 3 atom stereocenters. The Balaban J connectivity index is 2.07. The summed E-state index contributed by atoms with van der Waals surface area (Å²) >= 11 is 1.27. The number of nitriles is 2. The van der Waals surface area contributed by atoms with Crippen molar-refractivity contribution in [3.8, 4) is 12.1 Å². The molecule has 142 valence electrons. The SMILES string of the molecule is CCN1C(=O)C(CNc2cccc(CO)c2)SC1C(C#N)C(=O)NCC#N. The number of aliphatic hydroxyl groups is 1. The Morgan fingerprint density at radius 1 is 1.44 bits per heavy atom. The maximum atomic E-state index is 12.7. The fourth-order valence-electron chi connectivity index (χ4n) is 2.82. The Bertz CT molecular complexity index is 773. The number of thioether (sulfide) groups is 1. The number of anilines is 1. The minimum absolute atomic E-state index is 0.0695. The topological polar surface area (TPSA) is 129 Å². The Morgan fingerprint density at radius 3 is 2.85 bits per heavy atom. The van der Waals surface area contributed by atoms with Crippen molar-refractivity contribution in [1.29, 1.82) is 10.5 Å². The lowest BCUT2D eigenvalue weighted by Crippen LogP contribution is -2.44. The van der Waals surface area contributed by atoms with E-state index in [9.17, 15) is 20.0 Å². The van der Waals surface area contributed by atoms with Crippen LogP contribution in [0, 0.1) is 28.6 Å². The molecule has 3 N–H and O–H groups in total. The minimum Gasteiger partial charge on any atom is -0.392 e. The quantitative estimate of drug-likeness (QED) is 0.559. The molecule has 2 rings (SSSR count). The highest BCUT2D eigenvalue weighted by atomic mass is 32.2. The predicted octanol–water partition coefficient (Wildman–Crippen LogP) is 0.660. The van der Waals surface area contributed by atoms with Crippen molar-refractivity contribution in [1.82, 2.24) is 10.2 Å². The minimum atomic E-state index is -1.05. The highest BCUT2D eigenvalue weighted by Gasteiger charge is 2.45. The van der Waals surface area contributed by atoms with E-state index in [2.05, 4.69) is 10.6 Å². The van der Waals surface area contributed by atoms with Crippen LogP contribution in [0.5, 0.6) is 0 Å². The molecule has 0 bridgehead atoms. The number of hydrogen-bond donors (Lipinski definition) is 3. The van der Waals surface area contributed by atoms with Crippen molar-refractivity contribution in [3.05, 3.63) is 29.8 Å². The fraction of sp³-hybridized carbons (Fsp3) is 0.444. The van der Waals surface area contributed by atoms with Crippen molar-refractivity contribution in [2.75, 3.05) is 25.0 Å². The molecule has 3 unspecified atom stereocenters. The Hall–Kier alpha value is -2.75.